The first kappa shape index (κ1) is 12.4. The number of nitrogens with two attached hydrogens (primary N) is 1. The Morgan fingerprint density at radius 3 is 2.72 bits per heavy atom. The van der Waals surface area contributed by atoms with E-state index in [0.717, 1.165) is 12.1 Å². The SMILES string of the molecule is Cc1nn(-c2cc(F)c(C(=O)O)cc2N)cc1Cl. The van der Waals surface area contributed by atoms with Crippen LogP contribution in [0.15, 0.2) is 18.3 Å². The summed E-state index contributed by atoms with van der Waals surface area (Å²) < 4.78 is 14.9. The van der Waals surface area contributed by atoms with Crippen LogP contribution in [0.25, 0.3) is 5.69 Å². The van der Waals surface area contributed by atoms with E-state index in [1.807, 2.05) is 0 Å². The van der Waals surface area contributed by atoms with Crippen molar-refractivity contribution in [1.29, 1.82) is 0 Å². The normalized spacial score (nSPS) is 10.6. The minimum absolute atomic E-state index is 0.105. The van der Waals surface area contributed by atoms with Gasteiger partial charge in [-0.25, -0.2) is 13.9 Å². The van der Waals surface area contributed by atoms with Gasteiger partial charge in [-0.05, 0) is 13.0 Å². The van der Waals surface area contributed by atoms with Gasteiger partial charge in [0.1, 0.15) is 5.82 Å². The Balaban J connectivity index is 2.59. The fourth-order valence-electron chi connectivity index (χ4n) is 1.50. The van der Waals surface area contributed by atoms with Gasteiger partial charge in [0, 0.05) is 12.3 Å². The van der Waals surface area contributed by atoms with Crippen LogP contribution in [0.5, 0.6) is 0 Å². The molecule has 0 aliphatic rings. The molecule has 0 saturated carbocycles. The Morgan fingerprint density at radius 2 is 2.22 bits per heavy atom. The summed E-state index contributed by atoms with van der Waals surface area (Å²) in [5, 5.41) is 13.2. The molecule has 0 aliphatic heterocycles. The molecule has 1 aromatic heterocycles. The van der Waals surface area contributed by atoms with Gasteiger partial charge in [-0.2, -0.15) is 5.10 Å². The van der Waals surface area contributed by atoms with E-state index in [4.69, 9.17) is 22.4 Å². The molecule has 0 saturated heterocycles. The molecule has 2 aromatic rings. The van der Waals surface area contributed by atoms with Gasteiger partial charge in [0.2, 0.25) is 0 Å². The van der Waals surface area contributed by atoms with E-state index in [0.29, 0.717) is 10.7 Å². The molecule has 7 heteroatoms. The number of carboxylic acids is 1. The molecule has 5 nitrogen and oxygen atoms in total. The molecule has 1 heterocycles. The van der Waals surface area contributed by atoms with Crippen molar-refractivity contribution in [2.75, 3.05) is 5.73 Å². The van der Waals surface area contributed by atoms with Crippen molar-refractivity contribution in [3.05, 3.63) is 40.4 Å². The third-order valence-corrected chi connectivity index (χ3v) is 2.80. The van der Waals surface area contributed by atoms with E-state index in [1.54, 1.807) is 6.92 Å². The second kappa shape index (κ2) is 4.30. The number of hydrogen-bond acceptors (Lipinski definition) is 3. The predicted octanol–water partition coefficient (Wildman–Crippen LogP) is 2.25. The third-order valence-electron chi connectivity index (χ3n) is 2.43. The molecule has 2 rings (SSSR count). The second-order valence-electron chi connectivity index (χ2n) is 3.70. The number of halogens is 2. The first-order valence-electron chi connectivity index (χ1n) is 4.94. The summed E-state index contributed by atoms with van der Waals surface area (Å²) in [4.78, 5) is 10.7. The van der Waals surface area contributed by atoms with E-state index in [1.165, 1.54) is 10.9 Å². The molecule has 0 atom stereocenters. The number of rotatable bonds is 2. The summed E-state index contributed by atoms with van der Waals surface area (Å²) in [5.41, 5.74) is 6.12. The summed E-state index contributed by atoms with van der Waals surface area (Å²) in [6, 6.07) is 2.07. The van der Waals surface area contributed by atoms with Crippen LogP contribution < -0.4 is 5.73 Å². The maximum atomic E-state index is 13.6. The lowest BCUT2D eigenvalue weighted by Gasteiger charge is -2.07. The van der Waals surface area contributed by atoms with Crippen LogP contribution in [-0.2, 0) is 0 Å². The highest BCUT2D eigenvalue weighted by atomic mass is 35.5. The van der Waals surface area contributed by atoms with Crippen molar-refractivity contribution in [1.82, 2.24) is 9.78 Å². The number of benzene rings is 1. The average Bonchev–Trinajstić information content (AvgIpc) is 2.61. The first-order valence-corrected chi connectivity index (χ1v) is 5.32. The van der Waals surface area contributed by atoms with Crippen molar-refractivity contribution < 1.29 is 14.3 Å². The molecule has 0 radical (unpaired) electrons. The average molecular weight is 270 g/mol. The van der Waals surface area contributed by atoms with Gasteiger partial charge in [0.25, 0.3) is 0 Å². The Bertz CT molecular complexity index is 620. The Hall–Kier alpha value is -2.08. The van der Waals surface area contributed by atoms with Gasteiger partial charge < -0.3 is 10.8 Å². The maximum absolute atomic E-state index is 13.6. The predicted molar refractivity (Wildman–Crippen MR) is 64.6 cm³/mol. The molecule has 0 spiro atoms. The summed E-state index contributed by atoms with van der Waals surface area (Å²) >= 11 is 5.84. The highest BCUT2D eigenvalue weighted by Crippen LogP contribution is 2.24. The van der Waals surface area contributed by atoms with E-state index in [9.17, 15) is 9.18 Å². The highest BCUT2D eigenvalue weighted by molar-refractivity contribution is 6.31. The molecule has 1 aromatic carbocycles. The van der Waals surface area contributed by atoms with Crippen LogP contribution in [-0.4, -0.2) is 20.9 Å². The van der Waals surface area contributed by atoms with E-state index >= 15 is 0 Å². The standard InChI is InChI=1S/C11H9ClFN3O2/c1-5-7(12)4-16(15-5)10-3-8(13)6(11(17)18)2-9(10)14/h2-4H,14H2,1H3,(H,17,18). The molecule has 0 aliphatic carbocycles. The third kappa shape index (κ3) is 2.02. The molecule has 0 fully saturated rings. The largest absolute Gasteiger partial charge is 0.478 e. The van der Waals surface area contributed by atoms with Gasteiger partial charge in [0.05, 0.1) is 27.7 Å². The molecule has 18 heavy (non-hydrogen) atoms. The monoisotopic (exact) mass is 269 g/mol. The first-order chi connectivity index (χ1) is 8.40. The molecule has 0 bridgehead atoms. The number of aromatic nitrogens is 2. The lowest BCUT2D eigenvalue weighted by Crippen LogP contribution is -2.07. The number of anilines is 1. The molecule has 0 unspecified atom stereocenters. The molecule has 3 N–H and O–H groups in total. The zero-order valence-electron chi connectivity index (χ0n) is 9.32. The minimum Gasteiger partial charge on any atom is -0.478 e. The quantitative estimate of drug-likeness (QED) is 0.820. The molecule has 0 amide bonds. The van der Waals surface area contributed by atoms with Crippen molar-refractivity contribution >= 4 is 23.3 Å². The second-order valence-corrected chi connectivity index (χ2v) is 4.11. The highest BCUT2D eigenvalue weighted by Gasteiger charge is 2.15. The van der Waals surface area contributed by atoms with Crippen LogP contribution >= 0.6 is 11.6 Å². The van der Waals surface area contributed by atoms with Crippen LogP contribution in [0.2, 0.25) is 5.02 Å². The van der Waals surface area contributed by atoms with Crippen molar-refractivity contribution in [3.8, 4) is 5.69 Å². The zero-order valence-corrected chi connectivity index (χ0v) is 10.1. The van der Waals surface area contributed by atoms with Gasteiger partial charge in [-0.1, -0.05) is 11.6 Å². The number of carbonyl (C=O) groups is 1. The lowest BCUT2D eigenvalue weighted by molar-refractivity contribution is 0.0692. The Kier molecular flexibility index (Phi) is 2.96. The fourth-order valence-corrected chi connectivity index (χ4v) is 1.63. The van der Waals surface area contributed by atoms with Crippen molar-refractivity contribution in [2.24, 2.45) is 0 Å². The summed E-state index contributed by atoms with van der Waals surface area (Å²) in [6.07, 6.45) is 1.47. The number of carboxylic acid groups (broad SMARTS) is 1. The number of hydrogen-bond donors (Lipinski definition) is 2. The van der Waals surface area contributed by atoms with Crippen molar-refractivity contribution in [2.45, 2.75) is 6.92 Å². The summed E-state index contributed by atoms with van der Waals surface area (Å²) in [7, 11) is 0. The van der Waals surface area contributed by atoms with Gasteiger partial charge >= 0.3 is 5.97 Å². The molecular weight excluding hydrogens is 261 g/mol. The van der Waals surface area contributed by atoms with Crippen LogP contribution in [0.3, 0.4) is 0 Å². The van der Waals surface area contributed by atoms with Crippen LogP contribution in [0.1, 0.15) is 16.1 Å². The smallest absolute Gasteiger partial charge is 0.338 e. The number of aromatic carboxylic acids is 1. The topological polar surface area (TPSA) is 81.1 Å². The number of nitrogen functional groups attached to an aromatic ring is 1. The Labute approximate surface area is 107 Å². The molecular formula is C11H9ClFN3O2. The minimum atomic E-state index is -1.37. The Morgan fingerprint density at radius 1 is 1.56 bits per heavy atom. The van der Waals surface area contributed by atoms with E-state index in [2.05, 4.69) is 5.10 Å². The number of aryl methyl sites for hydroxylation is 1. The van der Waals surface area contributed by atoms with Gasteiger partial charge in [0.15, 0.2) is 0 Å². The summed E-state index contributed by atoms with van der Waals surface area (Å²) in [6.45, 7) is 1.69. The maximum Gasteiger partial charge on any atom is 0.338 e. The van der Waals surface area contributed by atoms with Gasteiger partial charge in [-0.3, -0.25) is 0 Å². The van der Waals surface area contributed by atoms with Crippen molar-refractivity contribution in [3.63, 3.8) is 0 Å². The number of nitrogens with zero attached hydrogens (tertiary/aromatic N) is 2. The lowest BCUT2D eigenvalue weighted by atomic mass is 10.1. The van der Waals surface area contributed by atoms with E-state index < -0.39 is 17.3 Å². The summed E-state index contributed by atoms with van der Waals surface area (Å²) in [5.74, 6) is -2.25. The van der Waals surface area contributed by atoms with Gasteiger partial charge in [-0.15, -0.1) is 0 Å². The zero-order chi connectivity index (χ0) is 13.4. The van der Waals surface area contributed by atoms with Crippen LogP contribution in [0, 0.1) is 12.7 Å². The van der Waals surface area contributed by atoms with Crippen LogP contribution in [0.4, 0.5) is 10.1 Å². The van der Waals surface area contributed by atoms with E-state index in [-0.39, 0.29) is 11.4 Å². The fraction of sp³-hybridized carbons (Fsp3) is 0.0909. The molecule has 94 valence electrons.